The molecule has 0 aliphatic carbocycles. The van der Waals surface area contributed by atoms with Crippen LogP contribution in [-0.4, -0.2) is 13.1 Å². The molecule has 0 saturated heterocycles. The minimum Gasteiger partial charge on any atom is -0.316 e. The summed E-state index contributed by atoms with van der Waals surface area (Å²) >= 11 is 0. The largest absolute Gasteiger partial charge is 0.316 e. The first-order valence-electron chi connectivity index (χ1n) is 8.07. The number of rotatable bonds is 8. The Morgan fingerprint density at radius 1 is 1.10 bits per heavy atom. The number of aryl methyl sites for hydroxylation is 3. The Kier molecular flexibility index (Phi) is 6.75. The molecule has 114 valence electrons. The summed E-state index contributed by atoms with van der Waals surface area (Å²) in [6.07, 6.45) is 3.72. The lowest BCUT2D eigenvalue weighted by Gasteiger charge is -2.25. The summed E-state index contributed by atoms with van der Waals surface area (Å²) in [4.78, 5) is 0. The van der Waals surface area contributed by atoms with Crippen LogP contribution in [0.2, 0.25) is 0 Å². The summed E-state index contributed by atoms with van der Waals surface area (Å²) in [6.45, 7) is 16.0. The van der Waals surface area contributed by atoms with E-state index in [1.54, 1.807) is 0 Å². The third-order valence-electron chi connectivity index (χ3n) is 4.11. The van der Waals surface area contributed by atoms with E-state index in [1.807, 2.05) is 0 Å². The first-order chi connectivity index (χ1) is 9.30. The third kappa shape index (κ3) is 6.56. The van der Waals surface area contributed by atoms with Gasteiger partial charge in [-0.05, 0) is 68.7 Å². The Labute approximate surface area is 126 Å². The van der Waals surface area contributed by atoms with E-state index in [4.69, 9.17) is 0 Å². The van der Waals surface area contributed by atoms with E-state index in [0.29, 0.717) is 5.41 Å². The number of hydrogen-bond acceptors (Lipinski definition) is 1. The minimum atomic E-state index is 0.417. The number of nitrogens with one attached hydrogen (secondary N) is 1. The summed E-state index contributed by atoms with van der Waals surface area (Å²) < 4.78 is 0. The molecule has 0 saturated carbocycles. The Balaban J connectivity index is 2.40. The predicted octanol–water partition coefficient (Wildman–Crippen LogP) is 4.90. The van der Waals surface area contributed by atoms with Gasteiger partial charge in [-0.25, -0.2) is 0 Å². The van der Waals surface area contributed by atoms with Gasteiger partial charge < -0.3 is 5.32 Å². The standard InChI is InChI=1S/C19H33N/c1-15(2)14-20-12-11-19(5,6)10-9-18-13-16(3)7-8-17(18)4/h7-8,13,15,20H,9-12,14H2,1-6H3. The van der Waals surface area contributed by atoms with E-state index in [2.05, 4.69) is 65.1 Å². The lowest BCUT2D eigenvalue weighted by atomic mass is 9.82. The lowest BCUT2D eigenvalue weighted by molar-refractivity contribution is 0.300. The van der Waals surface area contributed by atoms with Crippen LogP contribution in [0.1, 0.15) is 57.2 Å². The highest BCUT2D eigenvalue weighted by molar-refractivity contribution is 5.30. The molecule has 0 bridgehead atoms. The van der Waals surface area contributed by atoms with Crippen molar-refractivity contribution in [2.24, 2.45) is 11.3 Å². The fourth-order valence-corrected chi connectivity index (χ4v) is 2.49. The molecule has 0 spiro atoms. The van der Waals surface area contributed by atoms with E-state index in [-0.39, 0.29) is 0 Å². The summed E-state index contributed by atoms with van der Waals surface area (Å²) in [5, 5.41) is 3.56. The van der Waals surface area contributed by atoms with Crippen LogP contribution < -0.4 is 5.32 Å². The molecule has 0 atom stereocenters. The van der Waals surface area contributed by atoms with E-state index in [0.717, 1.165) is 19.0 Å². The molecule has 0 aliphatic heterocycles. The van der Waals surface area contributed by atoms with Gasteiger partial charge in [-0.2, -0.15) is 0 Å². The van der Waals surface area contributed by atoms with Gasteiger partial charge >= 0.3 is 0 Å². The number of benzene rings is 1. The Hall–Kier alpha value is -0.820. The molecule has 0 aromatic heterocycles. The van der Waals surface area contributed by atoms with Crippen LogP contribution in [-0.2, 0) is 6.42 Å². The van der Waals surface area contributed by atoms with E-state index in [9.17, 15) is 0 Å². The van der Waals surface area contributed by atoms with Crippen molar-refractivity contribution in [1.29, 1.82) is 0 Å². The summed E-state index contributed by atoms with van der Waals surface area (Å²) in [7, 11) is 0. The fraction of sp³-hybridized carbons (Fsp3) is 0.684. The molecule has 0 unspecified atom stereocenters. The molecule has 0 radical (unpaired) electrons. The zero-order valence-corrected chi connectivity index (χ0v) is 14.3. The van der Waals surface area contributed by atoms with Crippen molar-refractivity contribution < 1.29 is 0 Å². The van der Waals surface area contributed by atoms with Gasteiger partial charge in [-0.3, -0.25) is 0 Å². The molecule has 1 N–H and O–H groups in total. The monoisotopic (exact) mass is 275 g/mol. The normalized spacial score (nSPS) is 12.2. The Morgan fingerprint density at radius 3 is 2.45 bits per heavy atom. The van der Waals surface area contributed by atoms with Gasteiger partial charge in [0.25, 0.3) is 0 Å². The predicted molar refractivity (Wildman–Crippen MR) is 90.3 cm³/mol. The molecule has 1 aromatic carbocycles. The Bertz CT molecular complexity index is 404. The van der Waals surface area contributed by atoms with E-state index in [1.165, 1.54) is 36.0 Å². The van der Waals surface area contributed by atoms with Crippen molar-refractivity contribution in [3.63, 3.8) is 0 Å². The van der Waals surface area contributed by atoms with Crippen molar-refractivity contribution >= 4 is 0 Å². The fourth-order valence-electron chi connectivity index (χ4n) is 2.49. The van der Waals surface area contributed by atoms with Crippen molar-refractivity contribution in [2.45, 2.75) is 60.8 Å². The highest BCUT2D eigenvalue weighted by Gasteiger charge is 2.17. The average Bonchev–Trinajstić information content (AvgIpc) is 2.36. The average molecular weight is 275 g/mol. The first-order valence-corrected chi connectivity index (χ1v) is 8.07. The van der Waals surface area contributed by atoms with Crippen LogP contribution in [0.5, 0.6) is 0 Å². The summed E-state index contributed by atoms with van der Waals surface area (Å²) in [5.74, 6) is 0.744. The third-order valence-corrected chi connectivity index (χ3v) is 4.11. The molecule has 0 aliphatic rings. The summed E-state index contributed by atoms with van der Waals surface area (Å²) in [6, 6.07) is 6.81. The second-order valence-corrected chi connectivity index (χ2v) is 7.44. The van der Waals surface area contributed by atoms with Crippen LogP contribution in [0.15, 0.2) is 18.2 Å². The molecule has 0 amide bonds. The van der Waals surface area contributed by atoms with E-state index < -0.39 is 0 Å². The molecule has 1 nitrogen and oxygen atoms in total. The molecule has 20 heavy (non-hydrogen) atoms. The highest BCUT2D eigenvalue weighted by atomic mass is 14.8. The molecular formula is C19H33N. The maximum atomic E-state index is 3.56. The van der Waals surface area contributed by atoms with Crippen molar-refractivity contribution in [1.82, 2.24) is 5.32 Å². The summed E-state index contributed by atoms with van der Waals surface area (Å²) in [5.41, 5.74) is 4.75. The maximum absolute atomic E-state index is 3.56. The van der Waals surface area contributed by atoms with Gasteiger partial charge in [-0.1, -0.05) is 51.5 Å². The second kappa shape index (κ2) is 7.83. The second-order valence-electron chi connectivity index (χ2n) is 7.44. The van der Waals surface area contributed by atoms with Crippen LogP contribution >= 0.6 is 0 Å². The van der Waals surface area contributed by atoms with Gasteiger partial charge in [-0.15, -0.1) is 0 Å². The molecule has 1 heteroatoms. The lowest BCUT2D eigenvalue weighted by Crippen LogP contribution is -2.25. The topological polar surface area (TPSA) is 12.0 Å². The van der Waals surface area contributed by atoms with Gasteiger partial charge in [0.2, 0.25) is 0 Å². The van der Waals surface area contributed by atoms with Crippen LogP contribution in [0.25, 0.3) is 0 Å². The Morgan fingerprint density at radius 2 is 1.80 bits per heavy atom. The molecular weight excluding hydrogens is 242 g/mol. The molecule has 1 rings (SSSR count). The van der Waals surface area contributed by atoms with Gasteiger partial charge in [0.15, 0.2) is 0 Å². The molecule has 0 heterocycles. The van der Waals surface area contributed by atoms with Crippen LogP contribution in [0.3, 0.4) is 0 Å². The first kappa shape index (κ1) is 17.2. The van der Waals surface area contributed by atoms with Crippen LogP contribution in [0, 0.1) is 25.2 Å². The maximum Gasteiger partial charge on any atom is -0.00258 e. The smallest absolute Gasteiger partial charge is 0.00258 e. The van der Waals surface area contributed by atoms with Gasteiger partial charge in [0, 0.05) is 0 Å². The zero-order valence-electron chi connectivity index (χ0n) is 14.3. The highest BCUT2D eigenvalue weighted by Crippen LogP contribution is 2.27. The quantitative estimate of drug-likeness (QED) is 0.666. The van der Waals surface area contributed by atoms with Gasteiger partial charge in [0.1, 0.15) is 0 Å². The van der Waals surface area contributed by atoms with Gasteiger partial charge in [0.05, 0.1) is 0 Å². The zero-order chi connectivity index (χ0) is 15.2. The molecule has 1 aromatic rings. The van der Waals surface area contributed by atoms with Crippen molar-refractivity contribution in [3.8, 4) is 0 Å². The molecule has 0 fully saturated rings. The minimum absolute atomic E-state index is 0.417. The number of hydrogen-bond donors (Lipinski definition) is 1. The van der Waals surface area contributed by atoms with Crippen molar-refractivity contribution in [3.05, 3.63) is 34.9 Å². The van der Waals surface area contributed by atoms with E-state index >= 15 is 0 Å². The van der Waals surface area contributed by atoms with Crippen molar-refractivity contribution in [2.75, 3.05) is 13.1 Å². The van der Waals surface area contributed by atoms with Crippen LogP contribution in [0.4, 0.5) is 0 Å². The SMILES string of the molecule is Cc1ccc(C)c(CCC(C)(C)CCNCC(C)C)c1.